The number of Topliss-reactive ketones (excluding diaryl/α,β-unsaturated/α-hetero) is 1. The van der Waals surface area contributed by atoms with Crippen LogP contribution < -0.4 is 10.2 Å². The van der Waals surface area contributed by atoms with Gasteiger partial charge >= 0.3 is 5.97 Å². The minimum atomic E-state index is -1.03. The second kappa shape index (κ2) is 7.87. The molecule has 2 aromatic carbocycles. The number of rotatable bonds is 5. The highest BCUT2D eigenvalue weighted by Gasteiger charge is 2.41. The molecule has 1 heterocycles. The number of hydrogen-bond donors (Lipinski definition) is 1. The van der Waals surface area contributed by atoms with E-state index in [-0.39, 0.29) is 5.56 Å². The van der Waals surface area contributed by atoms with Crippen LogP contribution in [0.2, 0.25) is 0 Å². The Morgan fingerprint density at radius 3 is 2.48 bits per heavy atom. The van der Waals surface area contributed by atoms with Crippen LogP contribution in [0, 0.1) is 3.57 Å². The van der Waals surface area contributed by atoms with E-state index in [4.69, 9.17) is 4.74 Å². The van der Waals surface area contributed by atoms with Gasteiger partial charge in [-0.25, -0.2) is 4.79 Å². The molecule has 0 spiro atoms. The summed E-state index contributed by atoms with van der Waals surface area (Å²) in [6.45, 7) is 0.958. The number of carbonyl (C=O) groups is 4. The maximum atomic E-state index is 12.3. The predicted octanol–water partition coefficient (Wildman–Crippen LogP) is 2.39. The maximum absolute atomic E-state index is 12.3. The number of anilines is 2. The van der Waals surface area contributed by atoms with E-state index in [0.29, 0.717) is 11.4 Å². The molecular formula is C19H15IN2O5. The first-order chi connectivity index (χ1) is 12.9. The van der Waals surface area contributed by atoms with Crippen molar-refractivity contribution < 1.29 is 23.9 Å². The van der Waals surface area contributed by atoms with Crippen molar-refractivity contribution in [2.75, 3.05) is 16.8 Å². The molecule has 1 unspecified atom stereocenters. The summed E-state index contributed by atoms with van der Waals surface area (Å²) >= 11 is 2.15. The van der Waals surface area contributed by atoms with Crippen molar-refractivity contribution >= 4 is 57.5 Å². The number of ketones is 1. The van der Waals surface area contributed by atoms with E-state index < -0.39 is 36.2 Å². The van der Waals surface area contributed by atoms with Gasteiger partial charge in [-0.3, -0.25) is 19.3 Å². The van der Waals surface area contributed by atoms with Crippen LogP contribution in [0.25, 0.3) is 0 Å². The zero-order valence-electron chi connectivity index (χ0n) is 14.3. The number of hydrogen-bond acceptors (Lipinski definition) is 5. The van der Waals surface area contributed by atoms with Crippen molar-refractivity contribution in [2.24, 2.45) is 0 Å². The van der Waals surface area contributed by atoms with Crippen LogP contribution in [0.3, 0.4) is 0 Å². The highest BCUT2D eigenvalue weighted by molar-refractivity contribution is 14.1. The minimum absolute atomic E-state index is 0.249. The number of para-hydroxylation sites is 1. The smallest absolute Gasteiger partial charge is 0.329 e. The lowest BCUT2D eigenvalue weighted by atomic mass is 10.1. The van der Waals surface area contributed by atoms with E-state index in [1.807, 2.05) is 12.1 Å². The average molecular weight is 478 g/mol. The van der Waals surface area contributed by atoms with Crippen LogP contribution in [0.4, 0.5) is 11.4 Å². The fourth-order valence-electron chi connectivity index (χ4n) is 2.69. The molecular weight excluding hydrogens is 463 g/mol. The van der Waals surface area contributed by atoms with Gasteiger partial charge in [0.05, 0.1) is 11.3 Å². The molecule has 2 amide bonds. The summed E-state index contributed by atoms with van der Waals surface area (Å²) in [5.41, 5.74) is 1.19. The van der Waals surface area contributed by atoms with Gasteiger partial charge in [-0.05, 0) is 65.9 Å². The zero-order chi connectivity index (χ0) is 19.6. The summed E-state index contributed by atoms with van der Waals surface area (Å²) in [5, 5.41) is 2.61. The molecule has 0 bridgehead atoms. The molecule has 27 heavy (non-hydrogen) atoms. The van der Waals surface area contributed by atoms with Crippen LogP contribution in [0.5, 0.6) is 0 Å². The van der Waals surface area contributed by atoms with Crippen LogP contribution in [-0.2, 0) is 19.1 Å². The molecule has 0 aliphatic carbocycles. The Morgan fingerprint density at radius 2 is 1.78 bits per heavy atom. The lowest BCUT2D eigenvalue weighted by Gasteiger charge is -2.22. The fourth-order valence-corrected chi connectivity index (χ4v) is 3.05. The highest BCUT2D eigenvalue weighted by atomic mass is 127. The second-order valence-electron chi connectivity index (χ2n) is 5.86. The monoisotopic (exact) mass is 478 g/mol. The van der Waals surface area contributed by atoms with E-state index in [0.717, 1.165) is 8.47 Å². The fraction of sp³-hybridized carbons (Fsp3) is 0.158. The van der Waals surface area contributed by atoms with Gasteiger partial charge in [0.2, 0.25) is 0 Å². The SMILES string of the molecule is CC(C(=O)OCC(=O)Nc1ccc(I)cc1)N1C(=O)C(=O)c2ccccc21. The molecule has 0 radical (unpaired) electrons. The Kier molecular flexibility index (Phi) is 5.54. The topological polar surface area (TPSA) is 92.8 Å². The number of carbonyl (C=O) groups excluding carboxylic acids is 4. The Bertz CT molecular complexity index is 926. The van der Waals surface area contributed by atoms with E-state index in [2.05, 4.69) is 27.9 Å². The first-order valence-electron chi connectivity index (χ1n) is 8.07. The van der Waals surface area contributed by atoms with Gasteiger partial charge in [-0.2, -0.15) is 0 Å². The summed E-state index contributed by atoms with van der Waals surface area (Å²) in [5.74, 6) is -2.72. The zero-order valence-corrected chi connectivity index (χ0v) is 16.4. The van der Waals surface area contributed by atoms with Gasteiger partial charge in [0.15, 0.2) is 6.61 Å². The Balaban J connectivity index is 1.61. The molecule has 1 aliphatic rings. The molecule has 7 nitrogen and oxygen atoms in total. The summed E-state index contributed by atoms with van der Waals surface area (Å²) in [6.07, 6.45) is 0. The van der Waals surface area contributed by atoms with E-state index in [9.17, 15) is 19.2 Å². The number of benzene rings is 2. The second-order valence-corrected chi connectivity index (χ2v) is 7.11. The molecule has 138 valence electrons. The number of halogens is 1. The van der Waals surface area contributed by atoms with Crippen molar-refractivity contribution in [3.63, 3.8) is 0 Å². The normalized spacial score (nSPS) is 13.9. The van der Waals surface area contributed by atoms with Crippen LogP contribution in [0.1, 0.15) is 17.3 Å². The largest absolute Gasteiger partial charge is 0.454 e. The third-order valence-corrected chi connectivity index (χ3v) is 4.74. The van der Waals surface area contributed by atoms with Gasteiger partial charge in [-0.1, -0.05) is 12.1 Å². The van der Waals surface area contributed by atoms with Crippen molar-refractivity contribution in [2.45, 2.75) is 13.0 Å². The van der Waals surface area contributed by atoms with Gasteiger partial charge in [0, 0.05) is 9.26 Å². The Labute approximate surface area is 168 Å². The molecule has 2 aromatic rings. The van der Waals surface area contributed by atoms with E-state index >= 15 is 0 Å². The lowest BCUT2D eigenvalue weighted by molar-refractivity contribution is -0.148. The lowest BCUT2D eigenvalue weighted by Crippen LogP contribution is -2.44. The summed E-state index contributed by atoms with van der Waals surface area (Å²) in [7, 11) is 0. The number of nitrogens with zero attached hydrogens (tertiary/aromatic N) is 1. The first kappa shape index (κ1) is 19.0. The minimum Gasteiger partial charge on any atom is -0.454 e. The molecule has 0 saturated heterocycles. The Morgan fingerprint density at radius 1 is 1.11 bits per heavy atom. The van der Waals surface area contributed by atoms with E-state index in [1.54, 1.807) is 30.3 Å². The average Bonchev–Trinajstić information content (AvgIpc) is 2.92. The van der Waals surface area contributed by atoms with E-state index in [1.165, 1.54) is 13.0 Å². The molecule has 1 atom stereocenters. The Hall–Kier alpha value is -2.75. The van der Waals surface area contributed by atoms with Crippen LogP contribution in [-0.4, -0.2) is 36.2 Å². The quantitative estimate of drug-likeness (QED) is 0.405. The van der Waals surface area contributed by atoms with Gasteiger partial charge in [0.25, 0.3) is 17.6 Å². The molecule has 8 heteroatoms. The maximum Gasteiger partial charge on any atom is 0.329 e. The number of amides is 2. The van der Waals surface area contributed by atoms with Crippen LogP contribution in [0.15, 0.2) is 48.5 Å². The number of nitrogens with one attached hydrogen (secondary N) is 1. The van der Waals surface area contributed by atoms with Crippen molar-refractivity contribution in [3.05, 3.63) is 57.7 Å². The van der Waals surface area contributed by atoms with Crippen LogP contribution >= 0.6 is 22.6 Å². The number of ether oxygens (including phenoxy) is 1. The summed E-state index contributed by atoms with van der Waals surface area (Å²) < 4.78 is 6.04. The van der Waals surface area contributed by atoms with Crippen molar-refractivity contribution in [1.82, 2.24) is 0 Å². The summed E-state index contributed by atoms with van der Waals surface area (Å²) in [4.78, 5) is 49.5. The number of esters is 1. The highest BCUT2D eigenvalue weighted by Crippen LogP contribution is 2.30. The molecule has 1 N–H and O–H groups in total. The third kappa shape index (κ3) is 4.00. The van der Waals surface area contributed by atoms with Gasteiger partial charge in [0.1, 0.15) is 6.04 Å². The summed E-state index contributed by atoms with van der Waals surface area (Å²) in [6, 6.07) is 12.5. The molecule has 0 fully saturated rings. The standard InChI is InChI=1S/C19H15IN2O5/c1-11(22-15-5-3-2-4-14(15)17(24)18(22)25)19(26)27-10-16(23)21-13-8-6-12(20)7-9-13/h2-9,11H,10H2,1H3,(H,21,23). The van der Waals surface area contributed by atoms with Crippen molar-refractivity contribution in [1.29, 1.82) is 0 Å². The van der Waals surface area contributed by atoms with Gasteiger partial charge in [-0.15, -0.1) is 0 Å². The molecule has 3 rings (SSSR count). The van der Waals surface area contributed by atoms with Crippen molar-refractivity contribution in [3.8, 4) is 0 Å². The first-order valence-corrected chi connectivity index (χ1v) is 9.15. The third-order valence-electron chi connectivity index (χ3n) is 4.02. The number of fused-ring (bicyclic) bond motifs is 1. The van der Waals surface area contributed by atoms with Gasteiger partial charge < -0.3 is 10.1 Å². The molecule has 0 aromatic heterocycles. The predicted molar refractivity (Wildman–Crippen MR) is 106 cm³/mol. The molecule has 1 aliphatic heterocycles. The molecule has 0 saturated carbocycles.